The van der Waals surface area contributed by atoms with Gasteiger partial charge in [0.15, 0.2) is 0 Å². The number of carbonyl (C=O) groups is 1. The highest BCUT2D eigenvalue weighted by atomic mass is 16.4. The summed E-state index contributed by atoms with van der Waals surface area (Å²) in [7, 11) is 0. The number of fused-ring (bicyclic) bond motifs is 1. The maximum atomic E-state index is 10.9. The Labute approximate surface area is 107 Å². The maximum Gasteiger partial charge on any atom is 0.306 e. The monoisotopic (exact) mass is 243 g/mol. The molecule has 1 aliphatic carbocycles. The standard InChI is InChI=1S/C15H17NO2/c17-15(18)11-5-7-16(8-6-11)10-13-9-12-3-1-2-4-14(12)13/h1-4,9,11H,5-8,10H2,(H,17,18). The van der Waals surface area contributed by atoms with Gasteiger partial charge in [-0.25, -0.2) is 0 Å². The van der Waals surface area contributed by atoms with E-state index in [1.165, 1.54) is 16.7 Å². The van der Waals surface area contributed by atoms with Gasteiger partial charge in [-0.3, -0.25) is 9.69 Å². The van der Waals surface area contributed by atoms with Crippen LogP contribution in [0, 0.1) is 5.92 Å². The van der Waals surface area contributed by atoms with E-state index < -0.39 is 5.97 Å². The molecule has 1 saturated heterocycles. The van der Waals surface area contributed by atoms with E-state index in [1.807, 2.05) is 0 Å². The molecule has 0 spiro atoms. The number of benzene rings is 1. The van der Waals surface area contributed by atoms with Crippen molar-refractivity contribution in [2.75, 3.05) is 19.6 Å². The quantitative estimate of drug-likeness (QED) is 0.885. The van der Waals surface area contributed by atoms with E-state index >= 15 is 0 Å². The minimum absolute atomic E-state index is 0.135. The van der Waals surface area contributed by atoms with Crippen LogP contribution in [-0.4, -0.2) is 35.6 Å². The van der Waals surface area contributed by atoms with Gasteiger partial charge in [-0.15, -0.1) is 0 Å². The Kier molecular flexibility index (Phi) is 2.92. The molecule has 1 heterocycles. The second-order valence-corrected chi connectivity index (χ2v) is 5.15. The molecule has 3 heteroatoms. The molecule has 0 radical (unpaired) electrons. The van der Waals surface area contributed by atoms with Crippen LogP contribution in [0.1, 0.15) is 24.0 Å². The summed E-state index contributed by atoms with van der Waals surface area (Å²) in [6, 6.07) is 8.43. The molecule has 3 rings (SSSR count). The Morgan fingerprint density at radius 3 is 2.67 bits per heavy atom. The number of hydrogen-bond acceptors (Lipinski definition) is 2. The first-order valence-electron chi connectivity index (χ1n) is 6.49. The van der Waals surface area contributed by atoms with Crippen molar-refractivity contribution in [1.82, 2.24) is 4.90 Å². The Morgan fingerprint density at radius 1 is 1.28 bits per heavy atom. The number of nitrogens with zero attached hydrogens (tertiary/aromatic N) is 1. The van der Waals surface area contributed by atoms with Crippen molar-refractivity contribution >= 4 is 17.6 Å². The molecule has 1 aromatic rings. The maximum absolute atomic E-state index is 10.9. The highest BCUT2D eigenvalue weighted by Crippen LogP contribution is 2.33. The number of carboxylic acid groups (broad SMARTS) is 1. The highest BCUT2D eigenvalue weighted by Gasteiger charge is 2.26. The van der Waals surface area contributed by atoms with Crippen molar-refractivity contribution in [3.8, 4) is 0 Å². The largest absolute Gasteiger partial charge is 0.481 e. The lowest BCUT2D eigenvalue weighted by Crippen LogP contribution is -2.37. The third kappa shape index (κ3) is 2.06. The molecular formula is C15H17NO2. The molecule has 0 amide bonds. The predicted molar refractivity (Wildman–Crippen MR) is 71.1 cm³/mol. The third-order valence-electron chi connectivity index (χ3n) is 3.97. The molecule has 94 valence electrons. The van der Waals surface area contributed by atoms with Gasteiger partial charge in [0.05, 0.1) is 5.92 Å². The first-order valence-corrected chi connectivity index (χ1v) is 6.49. The van der Waals surface area contributed by atoms with E-state index in [0.29, 0.717) is 0 Å². The van der Waals surface area contributed by atoms with Crippen molar-refractivity contribution in [3.05, 3.63) is 35.4 Å². The lowest BCUT2D eigenvalue weighted by Gasteiger charge is -2.32. The van der Waals surface area contributed by atoms with Gasteiger partial charge in [0.2, 0.25) is 0 Å². The summed E-state index contributed by atoms with van der Waals surface area (Å²) in [6.45, 7) is 2.76. The molecule has 0 saturated carbocycles. The van der Waals surface area contributed by atoms with Crippen LogP contribution in [0.2, 0.25) is 0 Å². The summed E-state index contributed by atoms with van der Waals surface area (Å²) in [6.07, 6.45) is 3.80. The molecule has 0 aromatic heterocycles. The Hall–Kier alpha value is -1.61. The van der Waals surface area contributed by atoms with E-state index in [1.54, 1.807) is 0 Å². The molecule has 2 aliphatic rings. The van der Waals surface area contributed by atoms with E-state index in [0.717, 1.165) is 32.5 Å². The molecule has 1 aromatic carbocycles. The van der Waals surface area contributed by atoms with E-state index in [4.69, 9.17) is 5.11 Å². The lowest BCUT2D eigenvalue weighted by molar-refractivity contribution is -0.143. The van der Waals surface area contributed by atoms with E-state index in [-0.39, 0.29) is 5.92 Å². The summed E-state index contributed by atoms with van der Waals surface area (Å²) in [5.41, 5.74) is 4.07. The number of piperidine rings is 1. The van der Waals surface area contributed by atoms with Crippen LogP contribution < -0.4 is 0 Å². The molecule has 0 bridgehead atoms. The fourth-order valence-corrected chi connectivity index (χ4v) is 2.81. The van der Waals surface area contributed by atoms with Gasteiger partial charge >= 0.3 is 5.97 Å². The first kappa shape index (κ1) is 11.5. The zero-order chi connectivity index (χ0) is 12.5. The van der Waals surface area contributed by atoms with Crippen molar-refractivity contribution in [3.63, 3.8) is 0 Å². The number of carboxylic acids is 1. The summed E-state index contributed by atoms with van der Waals surface area (Å²) >= 11 is 0. The van der Waals surface area contributed by atoms with Gasteiger partial charge < -0.3 is 5.11 Å². The second-order valence-electron chi connectivity index (χ2n) is 5.15. The lowest BCUT2D eigenvalue weighted by atomic mass is 9.87. The second kappa shape index (κ2) is 4.58. The number of aliphatic carboxylic acids is 1. The summed E-state index contributed by atoms with van der Waals surface area (Å²) in [5.74, 6) is -0.772. The van der Waals surface area contributed by atoms with Crippen molar-refractivity contribution < 1.29 is 9.90 Å². The van der Waals surface area contributed by atoms with Crippen LogP contribution >= 0.6 is 0 Å². The summed E-state index contributed by atoms with van der Waals surface area (Å²) < 4.78 is 0. The number of hydrogen-bond donors (Lipinski definition) is 1. The minimum atomic E-state index is -0.636. The van der Waals surface area contributed by atoms with Gasteiger partial charge in [0, 0.05) is 6.54 Å². The number of likely N-dealkylation sites (tertiary alicyclic amines) is 1. The molecule has 1 aliphatic heterocycles. The van der Waals surface area contributed by atoms with Crippen molar-refractivity contribution in [2.45, 2.75) is 12.8 Å². The normalized spacial score (nSPS) is 19.9. The minimum Gasteiger partial charge on any atom is -0.481 e. The predicted octanol–water partition coefficient (Wildman–Crippen LogP) is 2.34. The Morgan fingerprint density at radius 2 is 2.00 bits per heavy atom. The van der Waals surface area contributed by atoms with Crippen LogP contribution in [0.3, 0.4) is 0 Å². The van der Waals surface area contributed by atoms with Gasteiger partial charge in [-0.1, -0.05) is 24.3 Å². The van der Waals surface area contributed by atoms with Gasteiger partial charge in [-0.2, -0.15) is 0 Å². The molecule has 0 unspecified atom stereocenters. The average Bonchev–Trinajstić information content (AvgIpc) is 2.36. The van der Waals surface area contributed by atoms with Gasteiger partial charge in [0.1, 0.15) is 0 Å². The van der Waals surface area contributed by atoms with Gasteiger partial charge in [0.25, 0.3) is 0 Å². The van der Waals surface area contributed by atoms with E-state index in [9.17, 15) is 4.79 Å². The average molecular weight is 243 g/mol. The molecule has 1 fully saturated rings. The van der Waals surface area contributed by atoms with Crippen LogP contribution in [0.4, 0.5) is 0 Å². The topological polar surface area (TPSA) is 40.5 Å². The molecule has 3 nitrogen and oxygen atoms in total. The Balaban J connectivity index is 1.56. The highest BCUT2D eigenvalue weighted by molar-refractivity contribution is 5.96. The fourth-order valence-electron chi connectivity index (χ4n) is 2.81. The Bertz CT molecular complexity index is 499. The smallest absolute Gasteiger partial charge is 0.306 e. The van der Waals surface area contributed by atoms with Crippen molar-refractivity contribution in [1.29, 1.82) is 0 Å². The van der Waals surface area contributed by atoms with Crippen molar-refractivity contribution in [2.24, 2.45) is 5.92 Å². The van der Waals surface area contributed by atoms with Gasteiger partial charge in [-0.05, 0) is 48.7 Å². The van der Waals surface area contributed by atoms with Crippen LogP contribution in [0.15, 0.2) is 24.3 Å². The number of rotatable bonds is 3. The molecule has 1 N–H and O–H groups in total. The first-order chi connectivity index (χ1) is 8.74. The van der Waals surface area contributed by atoms with Crippen LogP contribution in [-0.2, 0) is 4.79 Å². The van der Waals surface area contributed by atoms with Crippen LogP contribution in [0.25, 0.3) is 11.6 Å². The zero-order valence-corrected chi connectivity index (χ0v) is 10.3. The molecular weight excluding hydrogens is 226 g/mol. The summed E-state index contributed by atoms with van der Waals surface area (Å²) in [5, 5.41) is 8.96. The molecule has 0 atom stereocenters. The van der Waals surface area contributed by atoms with Crippen LogP contribution in [0.5, 0.6) is 0 Å². The third-order valence-corrected chi connectivity index (χ3v) is 3.97. The fraction of sp³-hybridized carbons (Fsp3) is 0.400. The zero-order valence-electron chi connectivity index (χ0n) is 10.3. The van der Waals surface area contributed by atoms with E-state index in [2.05, 4.69) is 35.2 Å². The SMILES string of the molecule is O=C(O)C1CCN(CC2=Cc3ccccc32)CC1. The molecule has 18 heavy (non-hydrogen) atoms. The summed E-state index contributed by atoms with van der Waals surface area (Å²) in [4.78, 5) is 13.2.